The third kappa shape index (κ3) is 5.45. The summed E-state index contributed by atoms with van der Waals surface area (Å²) in [5.74, 6) is 0.597. The van der Waals surface area contributed by atoms with Crippen molar-refractivity contribution in [3.63, 3.8) is 0 Å². The number of amides is 1. The molecule has 2 fully saturated rings. The Morgan fingerprint density at radius 2 is 1.73 bits per heavy atom. The number of rotatable bonds is 6. The van der Waals surface area contributed by atoms with Crippen LogP contribution in [-0.4, -0.2) is 52.1 Å². The quantitative estimate of drug-likeness (QED) is 0.338. The van der Waals surface area contributed by atoms with Crippen LogP contribution in [0.5, 0.6) is 0 Å². The van der Waals surface area contributed by atoms with Crippen LogP contribution in [0.15, 0.2) is 66.9 Å². The molecular formula is C30H31FN6O3. The maximum absolute atomic E-state index is 13.7. The van der Waals surface area contributed by atoms with Crippen molar-refractivity contribution in [3.05, 3.63) is 78.5 Å². The zero-order valence-corrected chi connectivity index (χ0v) is 22.3. The fourth-order valence-electron chi connectivity index (χ4n) is 4.94. The molecule has 0 aliphatic carbocycles. The summed E-state index contributed by atoms with van der Waals surface area (Å²) >= 11 is 0. The molecule has 2 saturated heterocycles. The van der Waals surface area contributed by atoms with Gasteiger partial charge >= 0.3 is 0 Å². The van der Waals surface area contributed by atoms with Crippen LogP contribution in [0, 0.1) is 11.2 Å². The summed E-state index contributed by atoms with van der Waals surface area (Å²) in [5.41, 5.74) is 2.48. The molecule has 6 rings (SSSR count). The molecule has 1 amide bonds. The molecule has 0 radical (unpaired) electrons. The van der Waals surface area contributed by atoms with Gasteiger partial charge in [-0.15, -0.1) is 0 Å². The number of imidazole rings is 1. The molecular weight excluding hydrogens is 511 g/mol. The minimum absolute atomic E-state index is 0.144. The molecule has 4 heterocycles. The maximum Gasteiger partial charge on any atom is 0.234 e. The first-order valence-electron chi connectivity index (χ1n) is 13.5. The lowest BCUT2D eigenvalue weighted by atomic mass is 9.91. The van der Waals surface area contributed by atoms with Crippen LogP contribution >= 0.6 is 0 Å². The number of aromatic nitrogens is 4. The van der Waals surface area contributed by atoms with Crippen molar-refractivity contribution in [2.24, 2.45) is 5.41 Å². The predicted octanol–water partition coefficient (Wildman–Crippen LogP) is 5.35. The number of ether oxygens (including phenoxy) is 2. The third-order valence-electron chi connectivity index (χ3n) is 7.29. The first-order valence-corrected chi connectivity index (χ1v) is 13.5. The van der Waals surface area contributed by atoms with Crippen LogP contribution in [0.4, 0.5) is 16.0 Å². The molecule has 0 bridgehead atoms. The number of hydrogen-bond donors (Lipinski definition) is 2. The summed E-state index contributed by atoms with van der Waals surface area (Å²) in [7, 11) is 0. The summed E-state index contributed by atoms with van der Waals surface area (Å²) < 4.78 is 25.8. The average Bonchev–Trinajstić information content (AvgIpc) is 3.44. The van der Waals surface area contributed by atoms with E-state index in [1.807, 2.05) is 43.3 Å². The number of carbonyl (C=O) groups excluding carboxylic acids is 1. The Hall–Kier alpha value is -4.15. The Labute approximate surface area is 231 Å². The van der Waals surface area contributed by atoms with E-state index in [-0.39, 0.29) is 24.9 Å². The average molecular weight is 543 g/mol. The first-order chi connectivity index (χ1) is 19.5. The second kappa shape index (κ2) is 11.1. The zero-order chi connectivity index (χ0) is 27.5. The van der Waals surface area contributed by atoms with Crippen molar-refractivity contribution in [1.82, 2.24) is 19.9 Å². The summed E-state index contributed by atoms with van der Waals surface area (Å²) in [4.78, 5) is 32.7. The van der Waals surface area contributed by atoms with Gasteiger partial charge in [0.05, 0.1) is 35.7 Å². The van der Waals surface area contributed by atoms with Gasteiger partial charge in [0.15, 0.2) is 5.82 Å². The van der Waals surface area contributed by atoms with E-state index in [4.69, 9.17) is 19.4 Å². The third-order valence-corrected chi connectivity index (χ3v) is 7.29. The lowest BCUT2D eigenvalue weighted by Gasteiger charge is -2.35. The highest BCUT2D eigenvalue weighted by Crippen LogP contribution is 2.36. The number of aromatic amines is 1. The molecule has 2 aliphatic rings. The van der Waals surface area contributed by atoms with Gasteiger partial charge in [-0.3, -0.25) is 4.79 Å². The van der Waals surface area contributed by atoms with Gasteiger partial charge in [-0.1, -0.05) is 18.2 Å². The number of H-pyrrole nitrogens is 1. The SMILES string of the molecule is CC1(C(=O)Nc2ccccc2)COC(c2nc(-c3ccc(F)cc3)c(-c3ccnc(N4CCCCC4)n3)[nH]2)OC1. The van der Waals surface area contributed by atoms with E-state index in [0.29, 0.717) is 34.5 Å². The fourth-order valence-corrected chi connectivity index (χ4v) is 4.94. The monoisotopic (exact) mass is 542 g/mol. The molecule has 10 heteroatoms. The fraction of sp³-hybridized carbons (Fsp3) is 0.333. The number of halogens is 1. The normalized spacial score (nSPS) is 21.2. The van der Waals surface area contributed by atoms with Crippen molar-refractivity contribution in [2.75, 3.05) is 36.5 Å². The van der Waals surface area contributed by atoms with Crippen molar-refractivity contribution < 1.29 is 18.7 Å². The molecule has 2 aromatic carbocycles. The number of nitrogens with one attached hydrogen (secondary N) is 2. The van der Waals surface area contributed by atoms with Gasteiger partial charge in [0.2, 0.25) is 18.1 Å². The van der Waals surface area contributed by atoms with Gasteiger partial charge < -0.3 is 24.7 Å². The summed E-state index contributed by atoms with van der Waals surface area (Å²) in [6, 6.07) is 17.3. The Kier molecular flexibility index (Phi) is 7.27. The molecule has 206 valence electrons. The smallest absolute Gasteiger partial charge is 0.234 e. The van der Waals surface area contributed by atoms with E-state index < -0.39 is 11.7 Å². The number of carbonyl (C=O) groups is 1. The van der Waals surface area contributed by atoms with E-state index in [9.17, 15) is 9.18 Å². The lowest BCUT2D eigenvalue weighted by Crippen LogP contribution is -2.45. The summed E-state index contributed by atoms with van der Waals surface area (Å²) in [6.45, 7) is 3.93. The highest BCUT2D eigenvalue weighted by Gasteiger charge is 2.41. The van der Waals surface area contributed by atoms with Crippen molar-refractivity contribution in [3.8, 4) is 22.6 Å². The highest BCUT2D eigenvalue weighted by molar-refractivity contribution is 5.95. The standard InChI is InChI=1S/C30H31FN6O3/c1-30(28(38)33-22-8-4-2-5-9-22)18-39-27(40-19-30)26-35-24(20-10-12-21(31)13-11-20)25(36-26)23-14-15-32-29(34-23)37-16-6-3-7-17-37/h2,4-5,8-15,27H,3,6-7,16-19H2,1H3,(H,33,38)(H,35,36). The van der Waals surface area contributed by atoms with E-state index in [2.05, 4.69) is 20.2 Å². The number of piperidine rings is 1. The van der Waals surface area contributed by atoms with Crippen molar-refractivity contribution in [2.45, 2.75) is 32.5 Å². The molecule has 9 nitrogen and oxygen atoms in total. The van der Waals surface area contributed by atoms with Crippen LogP contribution in [0.25, 0.3) is 22.6 Å². The minimum atomic E-state index is -0.877. The number of para-hydroxylation sites is 1. The molecule has 0 atom stereocenters. The predicted molar refractivity (Wildman–Crippen MR) is 149 cm³/mol. The number of anilines is 2. The Morgan fingerprint density at radius 1 is 1.00 bits per heavy atom. The molecule has 2 N–H and O–H groups in total. The van der Waals surface area contributed by atoms with Crippen LogP contribution in [0.1, 0.15) is 38.3 Å². The van der Waals surface area contributed by atoms with E-state index in [1.54, 1.807) is 18.3 Å². The first kappa shape index (κ1) is 26.1. The molecule has 40 heavy (non-hydrogen) atoms. The molecule has 2 aliphatic heterocycles. The lowest BCUT2D eigenvalue weighted by molar-refractivity contribution is -0.229. The van der Waals surface area contributed by atoms with Gasteiger partial charge in [0, 0.05) is 30.5 Å². The number of nitrogens with zero attached hydrogens (tertiary/aromatic N) is 4. The Bertz CT molecular complexity index is 1460. The molecule has 2 aromatic heterocycles. The summed E-state index contributed by atoms with van der Waals surface area (Å²) in [5, 5.41) is 2.93. The summed E-state index contributed by atoms with van der Waals surface area (Å²) in [6.07, 6.45) is 4.37. The van der Waals surface area contributed by atoms with Crippen LogP contribution < -0.4 is 10.2 Å². The molecule has 0 unspecified atom stereocenters. The highest BCUT2D eigenvalue weighted by atomic mass is 19.1. The van der Waals surface area contributed by atoms with Gasteiger partial charge in [-0.25, -0.2) is 19.3 Å². The van der Waals surface area contributed by atoms with Crippen LogP contribution in [0.3, 0.4) is 0 Å². The zero-order valence-electron chi connectivity index (χ0n) is 22.3. The minimum Gasteiger partial charge on any atom is -0.345 e. The van der Waals surface area contributed by atoms with Gasteiger partial charge in [0.25, 0.3) is 0 Å². The van der Waals surface area contributed by atoms with Gasteiger partial charge in [0.1, 0.15) is 5.82 Å². The van der Waals surface area contributed by atoms with Crippen molar-refractivity contribution in [1.29, 1.82) is 0 Å². The number of benzene rings is 2. The van der Waals surface area contributed by atoms with E-state index in [0.717, 1.165) is 31.5 Å². The second-order valence-electron chi connectivity index (χ2n) is 10.5. The van der Waals surface area contributed by atoms with Gasteiger partial charge in [-0.05, 0) is 68.7 Å². The van der Waals surface area contributed by atoms with Crippen LogP contribution in [-0.2, 0) is 14.3 Å². The van der Waals surface area contributed by atoms with E-state index in [1.165, 1.54) is 18.6 Å². The second-order valence-corrected chi connectivity index (χ2v) is 10.5. The Morgan fingerprint density at radius 3 is 2.45 bits per heavy atom. The number of hydrogen-bond acceptors (Lipinski definition) is 7. The molecule has 0 saturated carbocycles. The molecule has 4 aromatic rings. The van der Waals surface area contributed by atoms with E-state index >= 15 is 0 Å². The van der Waals surface area contributed by atoms with Crippen LogP contribution in [0.2, 0.25) is 0 Å². The topological polar surface area (TPSA) is 105 Å². The Balaban J connectivity index is 1.26. The largest absolute Gasteiger partial charge is 0.345 e. The van der Waals surface area contributed by atoms with Gasteiger partial charge in [-0.2, -0.15) is 0 Å². The maximum atomic E-state index is 13.7. The van der Waals surface area contributed by atoms with Crippen molar-refractivity contribution >= 4 is 17.5 Å². The molecule has 0 spiro atoms.